The van der Waals surface area contributed by atoms with E-state index in [0.717, 1.165) is 17.8 Å². The minimum atomic E-state index is -4.41. The van der Waals surface area contributed by atoms with Crippen molar-refractivity contribution in [1.29, 1.82) is 0 Å². The Labute approximate surface area is 124 Å². The molecule has 0 atom stereocenters. The van der Waals surface area contributed by atoms with E-state index in [1.54, 1.807) is 27.0 Å². The third-order valence-electron chi connectivity index (χ3n) is 2.94. The van der Waals surface area contributed by atoms with Crippen LogP contribution in [0.1, 0.15) is 22.6 Å². The molecule has 114 valence electrons. The molecule has 1 N–H and O–H groups in total. The Balaban J connectivity index is 2.37. The summed E-state index contributed by atoms with van der Waals surface area (Å²) in [5.41, 5.74) is 0.584. The van der Waals surface area contributed by atoms with E-state index in [1.165, 1.54) is 6.07 Å². The minimum absolute atomic E-state index is 0.0867. The number of hydrogen-bond acceptors (Lipinski definition) is 4. The molecule has 1 aromatic carbocycles. The normalized spacial score (nSPS) is 11.9. The predicted octanol–water partition coefficient (Wildman–Crippen LogP) is 4.18. The number of halogens is 3. The van der Waals surface area contributed by atoms with Gasteiger partial charge in [0.15, 0.2) is 0 Å². The Kier molecular flexibility index (Phi) is 4.63. The first-order valence-electron chi connectivity index (χ1n) is 6.28. The largest absolute Gasteiger partial charge is 0.436 e. The number of benzene rings is 1. The van der Waals surface area contributed by atoms with Gasteiger partial charge in [-0.15, -0.1) is 0 Å². The summed E-state index contributed by atoms with van der Waals surface area (Å²) >= 11 is 0.885. The van der Waals surface area contributed by atoms with Crippen molar-refractivity contribution in [2.45, 2.75) is 36.7 Å². The number of hydrogen-bond donors (Lipinski definition) is 1. The summed E-state index contributed by atoms with van der Waals surface area (Å²) in [6, 6.07) is 4.27. The molecule has 0 amide bonds. The zero-order chi connectivity index (χ0) is 15.6. The summed E-state index contributed by atoms with van der Waals surface area (Å²) in [7, 11) is 1.69. The molecule has 2 aromatic rings. The Morgan fingerprint density at radius 3 is 2.52 bits per heavy atom. The number of rotatable bonds is 4. The highest BCUT2D eigenvalue weighted by molar-refractivity contribution is 7.99. The van der Waals surface area contributed by atoms with Crippen LogP contribution in [0.3, 0.4) is 0 Å². The van der Waals surface area contributed by atoms with Gasteiger partial charge in [0.05, 0.1) is 11.3 Å². The highest BCUT2D eigenvalue weighted by atomic mass is 32.2. The van der Waals surface area contributed by atoms with E-state index in [2.05, 4.69) is 10.3 Å². The summed E-state index contributed by atoms with van der Waals surface area (Å²) in [4.78, 5) is 4.19. The average Bonchev–Trinajstić information content (AvgIpc) is 2.69. The van der Waals surface area contributed by atoms with Crippen LogP contribution in [0.15, 0.2) is 32.7 Å². The number of oxazole rings is 1. The molecule has 0 aliphatic rings. The third-order valence-corrected chi connectivity index (χ3v) is 3.86. The number of aryl methyl sites for hydroxylation is 2. The fraction of sp³-hybridized carbons (Fsp3) is 0.357. The zero-order valence-electron chi connectivity index (χ0n) is 11.8. The number of aromatic nitrogens is 1. The molecule has 21 heavy (non-hydrogen) atoms. The van der Waals surface area contributed by atoms with E-state index in [4.69, 9.17) is 4.42 Å². The van der Waals surface area contributed by atoms with Crippen LogP contribution in [-0.2, 0) is 12.7 Å². The monoisotopic (exact) mass is 316 g/mol. The maximum absolute atomic E-state index is 13.2. The highest BCUT2D eigenvalue weighted by Crippen LogP contribution is 2.40. The summed E-state index contributed by atoms with van der Waals surface area (Å²) in [6.07, 6.45) is -4.41. The van der Waals surface area contributed by atoms with E-state index in [1.807, 2.05) is 0 Å². The Hall–Kier alpha value is -1.47. The second kappa shape index (κ2) is 6.11. The zero-order valence-corrected chi connectivity index (χ0v) is 12.7. The number of nitrogens with one attached hydrogen (secondary N) is 1. The standard InChI is InChI=1S/C14H15F3N2OS/c1-8-9(2)20-13(19-8)21-12-5-4-10(7-18-3)6-11(12)14(15,16)17/h4-6,18H,7H2,1-3H3. The van der Waals surface area contributed by atoms with Crippen LogP contribution in [-0.4, -0.2) is 12.0 Å². The van der Waals surface area contributed by atoms with E-state index >= 15 is 0 Å². The lowest BCUT2D eigenvalue weighted by Crippen LogP contribution is -2.10. The van der Waals surface area contributed by atoms with Gasteiger partial charge in [0.25, 0.3) is 5.22 Å². The van der Waals surface area contributed by atoms with Gasteiger partial charge in [-0.2, -0.15) is 13.2 Å². The lowest BCUT2D eigenvalue weighted by Gasteiger charge is -2.13. The molecule has 0 spiro atoms. The summed E-state index contributed by atoms with van der Waals surface area (Å²) < 4.78 is 44.8. The van der Waals surface area contributed by atoms with Crippen molar-refractivity contribution in [2.24, 2.45) is 0 Å². The van der Waals surface area contributed by atoms with Crippen molar-refractivity contribution in [3.8, 4) is 0 Å². The summed E-state index contributed by atoms with van der Waals surface area (Å²) in [5, 5.41) is 3.06. The van der Waals surface area contributed by atoms with Crippen LogP contribution in [0.5, 0.6) is 0 Å². The molecule has 7 heteroatoms. The molecule has 1 aromatic heterocycles. The van der Waals surface area contributed by atoms with Crippen molar-refractivity contribution < 1.29 is 17.6 Å². The van der Waals surface area contributed by atoms with E-state index in [9.17, 15) is 13.2 Å². The van der Waals surface area contributed by atoms with Gasteiger partial charge in [-0.05, 0) is 50.4 Å². The molecule has 0 saturated carbocycles. The maximum atomic E-state index is 13.2. The topological polar surface area (TPSA) is 38.1 Å². The third kappa shape index (κ3) is 3.79. The molecular weight excluding hydrogens is 301 g/mol. The Bertz CT molecular complexity index is 618. The van der Waals surface area contributed by atoms with Gasteiger partial charge < -0.3 is 9.73 Å². The van der Waals surface area contributed by atoms with Crippen molar-refractivity contribution in [2.75, 3.05) is 7.05 Å². The van der Waals surface area contributed by atoms with Gasteiger partial charge in [0.2, 0.25) is 0 Å². The predicted molar refractivity (Wildman–Crippen MR) is 74.3 cm³/mol. The smallest absolute Gasteiger partial charge is 0.417 e. The summed E-state index contributed by atoms with van der Waals surface area (Å²) in [5.74, 6) is 0.609. The molecule has 0 fully saturated rings. The quantitative estimate of drug-likeness (QED) is 0.918. The number of alkyl halides is 3. The van der Waals surface area contributed by atoms with Crippen LogP contribution in [0.25, 0.3) is 0 Å². The van der Waals surface area contributed by atoms with Crippen molar-refractivity contribution in [1.82, 2.24) is 10.3 Å². The van der Waals surface area contributed by atoms with Gasteiger partial charge in [0, 0.05) is 11.4 Å². The first-order chi connectivity index (χ1) is 9.81. The van der Waals surface area contributed by atoms with Crippen LogP contribution in [0.4, 0.5) is 13.2 Å². The summed E-state index contributed by atoms with van der Waals surface area (Å²) in [6.45, 7) is 3.86. The van der Waals surface area contributed by atoms with Crippen molar-refractivity contribution in [3.63, 3.8) is 0 Å². The van der Waals surface area contributed by atoms with Gasteiger partial charge in [0.1, 0.15) is 5.76 Å². The van der Waals surface area contributed by atoms with Gasteiger partial charge in [-0.3, -0.25) is 0 Å². The van der Waals surface area contributed by atoms with Crippen LogP contribution in [0, 0.1) is 13.8 Å². The second-order valence-electron chi connectivity index (χ2n) is 4.58. The molecular formula is C14H15F3N2OS. The molecule has 0 aliphatic carbocycles. The molecule has 0 aliphatic heterocycles. The van der Waals surface area contributed by atoms with E-state index in [-0.39, 0.29) is 10.1 Å². The van der Waals surface area contributed by atoms with E-state index in [0.29, 0.717) is 23.6 Å². The van der Waals surface area contributed by atoms with Crippen molar-refractivity contribution in [3.05, 3.63) is 40.8 Å². The minimum Gasteiger partial charge on any atom is -0.436 e. The molecule has 3 nitrogen and oxygen atoms in total. The highest BCUT2D eigenvalue weighted by Gasteiger charge is 2.34. The molecule has 2 rings (SSSR count). The molecule has 1 heterocycles. The van der Waals surface area contributed by atoms with Crippen LogP contribution < -0.4 is 5.32 Å². The second-order valence-corrected chi connectivity index (χ2v) is 5.58. The van der Waals surface area contributed by atoms with Gasteiger partial charge in [-0.25, -0.2) is 4.98 Å². The van der Waals surface area contributed by atoms with E-state index < -0.39 is 11.7 Å². The fourth-order valence-electron chi connectivity index (χ4n) is 1.78. The first kappa shape index (κ1) is 15.9. The van der Waals surface area contributed by atoms with Crippen LogP contribution >= 0.6 is 11.8 Å². The molecule has 0 unspecified atom stereocenters. The maximum Gasteiger partial charge on any atom is 0.417 e. The molecule has 0 bridgehead atoms. The Morgan fingerprint density at radius 1 is 1.29 bits per heavy atom. The van der Waals surface area contributed by atoms with Gasteiger partial charge >= 0.3 is 6.18 Å². The first-order valence-corrected chi connectivity index (χ1v) is 7.09. The number of nitrogens with zero attached hydrogens (tertiary/aromatic N) is 1. The average molecular weight is 316 g/mol. The van der Waals surface area contributed by atoms with Gasteiger partial charge in [-0.1, -0.05) is 6.07 Å². The SMILES string of the molecule is CNCc1ccc(Sc2nc(C)c(C)o2)c(C(F)(F)F)c1. The van der Waals surface area contributed by atoms with Crippen LogP contribution in [0.2, 0.25) is 0 Å². The fourth-order valence-corrected chi connectivity index (χ4v) is 2.74. The molecule has 0 saturated heterocycles. The Morgan fingerprint density at radius 2 is 2.00 bits per heavy atom. The van der Waals surface area contributed by atoms with Crippen molar-refractivity contribution >= 4 is 11.8 Å². The lowest BCUT2D eigenvalue weighted by atomic mass is 10.1. The lowest BCUT2D eigenvalue weighted by molar-refractivity contribution is -0.139. The molecule has 0 radical (unpaired) electrons.